The highest BCUT2D eigenvalue weighted by Gasteiger charge is 2.22. The van der Waals surface area contributed by atoms with Crippen LogP contribution in [-0.2, 0) is 11.3 Å². The summed E-state index contributed by atoms with van der Waals surface area (Å²) in [7, 11) is 0. The van der Waals surface area contributed by atoms with Gasteiger partial charge in [-0.15, -0.1) is 0 Å². The maximum atomic E-state index is 13.2. The average molecular weight is 442 g/mol. The number of fused-ring (bicyclic) bond motifs is 1. The zero-order chi connectivity index (χ0) is 21.1. The van der Waals surface area contributed by atoms with E-state index in [4.69, 9.17) is 16.6 Å². The first-order valence-corrected chi connectivity index (χ1v) is 11.5. The van der Waals surface area contributed by atoms with E-state index in [1.54, 1.807) is 16.7 Å². The summed E-state index contributed by atoms with van der Waals surface area (Å²) in [6.07, 6.45) is 2.22. The molecule has 0 radical (unpaired) electrons. The van der Waals surface area contributed by atoms with Gasteiger partial charge in [0, 0.05) is 18.1 Å². The van der Waals surface area contributed by atoms with Gasteiger partial charge in [0.05, 0.1) is 23.2 Å². The second-order valence-corrected chi connectivity index (χ2v) is 9.19. The van der Waals surface area contributed by atoms with Crippen LogP contribution in [0.15, 0.2) is 58.5 Å². The molecule has 4 rings (SSSR count). The third-order valence-electron chi connectivity index (χ3n) is 5.39. The molecule has 1 amide bonds. The number of hydrogen-bond donors (Lipinski definition) is 0. The Balaban J connectivity index is 1.63. The van der Waals surface area contributed by atoms with E-state index in [2.05, 4.69) is 6.92 Å². The van der Waals surface area contributed by atoms with Crippen LogP contribution in [0.2, 0.25) is 5.02 Å². The molecule has 1 saturated heterocycles. The molecule has 0 saturated carbocycles. The maximum Gasteiger partial charge on any atom is 0.262 e. The fraction of sp³-hybridized carbons (Fsp3) is 0.348. The zero-order valence-electron chi connectivity index (χ0n) is 16.9. The lowest BCUT2D eigenvalue weighted by Gasteiger charge is -2.30. The molecule has 2 aromatic carbocycles. The number of nitrogens with zero attached hydrogens (tertiary/aromatic N) is 3. The van der Waals surface area contributed by atoms with Crippen molar-refractivity contribution in [3.63, 3.8) is 0 Å². The van der Waals surface area contributed by atoms with Crippen LogP contribution >= 0.6 is 23.4 Å². The lowest BCUT2D eigenvalue weighted by atomic mass is 10.0. The molecule has 30 heavy (non-hydrogen) atoms. The zero-order valence-corrected chi connectivity index (χ0v) is 18.5. The van der Waals surface area contributed by atoms with Gasteiger partial charge in [0.25, 0.3) is 5.56 Å². The highest BCUT2D eigenvalue weighted by atomic mass is 35.5. The van der Waals surface area contributed by atoms with E-state index in [1.165, 1.54) is 18.2 Å². The normalized spacial score (nSPS) is 16.7. The van der Waals surface area contributed by atoms with Crippen LogP contribution in [0.1, 0.15) is 25.3 Å². The molecule has 2 heterocycles. The van der Waals surface area contributed by atoms with Crippen LogP contribution in [0, 0.1) is 5.92 Å². The minimum atomic E-state index is -0.109. The summed E-state index contributed by atoms with van der Waals surface area (Å²) in [4.78, 5) is 32.6. The molecule has 1 atom stereocenters. The Kier molecular flexibility index (Phi) is 6.44. The number of carbonyl (C=O) groups excluding carboxylic acids is 1. The summed E-state index contributed by atoms with van der Waals surface area (Å²) in [5.41, 5.74) is 1.45. The number of carbonyl (C=O) groups is 1. The molecule has 1 aliphatic heterocycles. The summed E-state index contributed by atoms with van der Waals surface area (Å²) < 4.78 is 1.64. The average Bonchev–Trinajstić information content (AvgIpc) is 2.74. The van der Waals surface area contributed by atoms with Crippen molar-refractivity contribution < 1.29 is 4.79 Å². The lowest BCUT2D eigenvalue weighted by Crippen LogP contribution is -2.40. The van der Waals surface area contributed by atoms with Crippen molar-refractivity contribution in [2.45, 2.75) is 31.5 Å². The first-order chi connectivity index (χ1) is 14.5. The summed E-state index contributed by atoms with van der Waals surface area (Å²) in [5.74, 6) is 0.906. The number of thioether (sulfide) groups is 1. The molecule has 0 unspecified atom stereocenters. The van der Waals surface area contributed by atoms with Crippen LogP contribution in [0.25, 0.3) is 10.9 Å². The summed E-state index contributed by atoms with van der Waals surface area (Å²) >= 11 is 7.46. The van der Waals surface area contributed by atoms with E-state index in [0.717, 1.165) is 25.1 Å². The van der Waals surface area contributed by atoms with Crippen molar-refractivity contribution in [2.75, 3.05) is 18.8 Å². The Hall–Kier alpha value is -2.31. The predicted molar refractivity (Wildman–Crippen MR) is 122 cm³/mol. The largest absolute Gasteiger partial charge is 0.342 e. The summed E-state index contributed by atoms with van der Waals surface area (Å²) in [6.45, 7) is 4.15. The fourth-order valence-electron chi connectivity index (χ4n) is 3.85. The Labute approximate surface area is 185 Å². The molecular formula is C23H24ClN3O2S. The standard InChI is InChI=1S/C23H24ClN3O2S/c1-16-6-5-11-26(13-16)21(28)15-30-23-25-20-10-3-2-9-19(20)22(29)27(23)14-17-7-4-8-18(24)12-17/h2-4,7-10,12,16H,5-6,11,13-15H2,1H3/t16-/m1/s1. The van der Waals surface area contributed by atoms with Crippen LogP contribution in [0.3, 0.4) is 0 Å². The van der Waals surface area contributed by atoms with Crippen molar-refractivity contribution in [1.29, 1.82) is 0 Å². The Morgan fingerprint density at radius 3 is 2.87 bits per heavy atom. The lowest BCUT2D eigenvalue weighted by molar-refractivity contribution is -0.130. The molecular weight excluding hydrogens is 418 g/mol. The Morgan fingerprint density at radius 1 is 1.23 bits per heavy atom. The number of benzene rings is 2. The van der Waals surface area contributed by atoms with E-state index in [-0.39, 0.29) is 17.2 Å². The Morgan fingerprint density at radius 2 is 2.07 bits per heavy atom. The van der Waals surface area contributed by atoms with Gasteiger partial charge in [-0.1, -0.05) is 54.6 Å². The first kappa shape index (κ1) is 20.9. The van der Waals surface area contributed by atoms with E-state index >= 15 is 0 Å². The monoisotopic (exact) mass is 441 g/mol. The highest BCUT2D eigenvalue weighted by Crippen LogP contribution is 2.22. The van der Waals surface area contributed by atoms with E-state index < -0.39 is 0 Å². The van der Waals surface area contributed by atoms with Gasteiger partial charge >= 0.3 is 0 Å². The SMILES string of the molecule is C[C@@H]1CCCN(C(=O)CSc2nc3ccccc3c(=O)n2Cc2cccc(Cl)c2)C1. The molecule has 0 aliphatic carbocycles. The Bertz CT molecular complexity index is 1130. The number of aromatic nitrogens is 2. The predicted octanol–water partition coefficient (Wildman–Crippen LogP) is 4.45. The third kappa shape index (κ3) is 4.71. The molecule has 156 valence electrons. The first-order valence-electron chi connectivity index (χ1n) is 10.2. The molecule has 0 bridgehead atoms. The highest BCUT2D eigenvalue weighted by molar-refractivity contribution is 7.99. The van der Waals surface area contributed by atoms with Crippen molar-refractivity contribution in [3.8, 4) is 0 Å². The minimum absolute atomic E-state index is 0.100. The van der Waals surface area contributed by atoms with E-state index in [9.17, 15) is 9.59 Å². The molecule has 5 nitrogen and oxygen atoms in total. The smallest absolute Gasteiger partial charge is 0.262 e. The van der Waals surface area contributed by atoms with Gasteiger partial charge in [-0.05, 0) is 48.6 Å². The van der Waals surface area contributed by atoms with Crippen molar-refractivity contribution in [1.82, 2.24) is 14.5 Å². The quantitative estimate of drug-likeness (QED) is 0.433. The van der Waals surface area contributed by atoms with E-state index in [0.29, 0.717) is 33.5 Å². The molecule has 0 N–H and O–H groups in total. The number of para-hydroxylation sites is 1. The van der Waals surface area contributed by atoms with Gasteiger partial charge in [0.2, 0.25) is 5.91 Å². The number of hydrogen-bond acceptors (Lipinski definition) is 4. The van der Waals surface area contributed by atoms with Crippen LogP contribution < -0.4 is 5.56 Å². The number of halogens is 1. The number of piperidine rings is 1. The molecule has 1 fully saturated rings. The maximum absolute atomic E-state index is 13.2. The topological polar surface area (TPSA) is 55.2 Å². The van der Waals surface area contributed by atoms with Crippen molar-refractivity contribution in [2.24, 2.45) is 5.92 Å². The fourth-order valence-corrected chi connectivity index (χ4v) is 4.96. The van der Waals surface area contributed by atoms with E-state index in [1.807, 2.05) is 41.3 Å². The van der Waals surface area contributed by atoms with Gasteiger partial charge in [0.1, 0.15) is 0 Å². The van der Waals surface area contributed by atoms with Crippen LogP contribution in [-0.4, -0.2) is 39.2 Å². The summed E-state index contributed by atoms with van der Waals surface area (Å²) in [5, 5.41) is 1.75. The summed E-state index contributed by atoms with van der Waals surface area (Å²) in [6, 6.07) is 14.8. The molecule has 7 heteroatoms. The van der Waals surface area contributed by atoms with Gasteiger partial charge in [-0.25, -0.2) is 4.98 Å². The minimum Gasteiger partial charge on any atom is -0.342 e. The molecule has 0 spiro atoms. The second-order valence-electron chi connectivity index (χ2n) is 7.81. The van der Waals surface area contributed by atoms with Gasteiger partial charge in [0.15, 0.2) is 5.16 Å². The number of rotatable bonds is 5. The number of amides is 1. The molecule has 1 aromatic heterocycles. The second kappa shape index (κ2) is 9.23. The van der Waals surface area contributed by atoms with Crippen molar-refractivity contribution in [3.05, 3.63) is 69.5 Å². The molecule has 1 aliphatic rings. The van der Waals surface area contributed by atoms with Crippen LogP contribution in [0.4, 0.5) is 0 Å². The van der Waals surface area contributed by atoms with Crippen LogP contribution in [0.5, 0.6) is 0 Å². The van der Waals surface area contributed by atoms with Crippen molar-refractivity contribution >= 4 is 40.2 Å². The van der Waals surface area contributed by atoms with Gasteiger partial charge in [-0.3, -0.25) is 14.2 Å². The number of likely N-dealkylation sites (tertiary alicyclic amines) is 1. The van der Waals surface area contributed by atoms with Gasteiger partial charge in [-0.2, -0.15) is 0 Å². The third-order valence-corrected chi connectivity index (χ3v) is 6.59. The van der Waals surface area contributed by atoms with Gasteiger partial charge < -0.3 is 4.90 Å². The molecule has 3 aromatic rings.